The summed E-state index contributed by atoms with van der Waals surface area (Å²) >= 11 is 0. The number of unbranched alkanes of at least 4 members (excludes halogenated alkanes) is 1. The summed E-state index contributed by atoms with van der Waals surface area (Å²) in [5.41, 5.74) is 0. The van der Waals surface area contributed by atoms with Crippen LogP contribution in [0.5, 0.6) is 0 Å². The first-order valence-electron chi connectivity index (χ1n) is 7.69. The highest BCUT2D eigenvalue weighted by Crippen LogP contribution is 2.30. The molecule has 0 aromatic carbocycles. The molecule has 0 N–H and O–H groups in total. The van der Waals surface area contributed by atoms with Gasteiger partial charge in [0.1, 0.15) is 0 Å². The number of rotatable bonds is 10. The topological polar surface area (TPSA) is 0 Å². The molecule has 0 nitrogen and oxygen atoms in total. The smallest absolute Gasteiger partial charge is 0.0386 e. The minimum Gasteiger partial charge on any atom is -0.0654 e. The summed E-state index contributed by atoms with van der Waals surface area (Å²) in [6.45, 7) is 11.8. The molecule has 0 heterocycles. The molecule has 0 fully saturated rings. The van der Waals surface area contributed by atoms with E-state index in [9.17, 15) is 0 Å². The lowest BCUT2D eigenvalue weighted by Crippen LogP contribution is -2.15. The quantitative estimate of drug-likeness (QED) is 0.425. The molecule has 0 aliphatic carbocycles. The first kappa shape index (κ1) is 16.0. The molecule has 0 amide bonds. The molecule has 0 rings (SSSR count). The Morgan fingerprint density at radius 3 is 1.94 bits per heavy atom. The summed E-state index contributed by atoms with van der Waals surface area (Å²) in [5, 5.41) is 0. The lowest BCUT2D eigenvalue weighted by atomic mass is 9.79. The molecule has 0 aromatic heterocycles. The molecule has 0 radical (unpaired) electrons. The van der Waals surface area contributed by atoms with Gasteiger partial charge in [0, 0.05) is 0 Å². The predicted molar refractivity (Wildman–Crippen MR) is 75.8 cm³/mol. The zero-order valence-corrected chi connectivity index (χ0v) is 12.4. The Hall–Kier alpha value is 0. The van der Waals surface area contributed by atoms with E-state index in [-0.39, 0.29) is 0 Å². The third-order valence-corrected chi connectivity index (χ3v) is 4.29. The Kier molecular flexibility index (Phi) is 10.2. The van der Waals surface area contributed by atoms with E-state index in [1.54, 1.807) is 0 Å². The van der Waals surface area contributed by atoms with E-state index in [2.05, 4.69) is 34.6 Å². The summed E-state index contributed by atoms with van der Waals surface area (Å²) in [6, 6.07) is 0. The Morgan fingerprint density at radius 1 is 0.812 bits per heavy atom. The fraction of sp³-hybridized carbons (Fsp3) is 1.00. The molecule has 16 heavy (non-hydrogen) atoms. The minimum atomic E-state index is 0.927. The molecule has 0 aliphatic heterocycles. The van der Waals surface area contributed by atoms with Gasteiger partial charge in [-0.25, -0.2) is 0 Å². The van der Waals surface area contributed by atoms with Gasteiger partial charge in [-0.1, -0.05) is 79.6 Å². The van der Waals surface area contributed by atoms with E-state index in [4.69, 9.17) is 0 Å². The van der Waals surface area contributed by atoms with Crippen LogP contribution in [0.2, 0.25) is 0 Å². The van der Waals surface area contributed by atoms with E-state index in [1.807, 2.05) is 0 Å². The molecule has 0 heteroatoms. The van der Waals surface area contributed by atoms with Crippen molar-refractivity contribution in [3.8, 4) is 0 Å². The fourth-order valence-electron chi connectivity index (χ4n) is 2.75. The van der Waals surface area contributed by atoms with Crippen molar-refractivity contribution in [3.05, 3.63) is 0 Å². The Bertz CT molecular complexity index is 139. The third-order valence-electron chi connectivity index (χ3n) is 4.29. The molecule has 3 atom stereocenters. The van der Waals surface area contributed by atoms with Crippen LogP contribution in [0.4, 0.5) is 0 Å². The molecule has 0 aromatic rings. The molecular formula is C16H34. The second-order valence-electron chi connectivity index (χ2n) is 5.59. The van der Waals surface area contributed by atoms with Crippen LogP contribution in [-0.4, -0.2) is 0 Å². The van der Waals surface area contributed by atoms with Crippen LogP contribution < -0.4 is 0 Å². The highest BCUT2D eigenvalue weighted by Gasteiger charge is 2.19. The van der Waals surface area contributed by atoms with Crippen molar-refractivity contribution in [1.29, 1.82) is 0 Å². The lowest BCUT2D eigenvalue weighted by Gasteiger charge is -2.27. The van der Waals surface area contributed by atoms with Gasteiger partial charge in [-0.3, -0.25) is 0 Å². The van der Waals surface area contributed by atoms with E-state index in [0.29, 0.717) is 0 Å². The van der Waals surface area contributed by atoms with Gasteiger partial charge >= 0.3 is 0 Å². The minimum absolute atomic E-state index is 0.927. The van der Waals surface area contributed by atoms with Crippen molar-refractivity contribution in [2.24, 2.45) is 17.8 Å². The van der Waals surface area contributed by atoms with E-state index >= 15 is 0 Å². The maximum atomic E-state index is 2.45. The fourth-order valence-corrected chi connectivity index (χ4v) is 2.75. The van der Waals surface area contributed by atoms with Crippen LogP contribution in [0.3, 0.4) is 0 Å². The summed E-state index contributed by atoms with van der Waals surface area (Å²) in [5.74, 6) is 2.90. The van der Waals surface area contributed by atoms with Crippen LogP contribution in [0, 0.1) is 17.8 Å². The highest BCUT2D eigenvalue weighted by molar-refractivity contribution is 4.70. The van der Waals surface area contributed by atoms with Crippen molar-refractivity contribution in [1.82, 2.24) is 0 Å². The van der Waals surface area contributed by atoms with Crippen molar-refractivity contribution >= 4 is 0 Å². The van der Waals surface area contributed by atoms with E-state index in [0.717, 1.165) is 17.8 Å². The first-order chi connectivity index (χ1) is 7.69. The summed E-state index contributed by atoms with van der Waals surface area (Å²) in [4.78, 5) is 0. The monoisotopic (exact) mass is 226 g/mol. The second-order valence-corrected chi connectivity index (χ2v) is 5.59. The Morgan fingerprint density at radius 2 is 1.50 bits per heavy atom. The maximum Gasteiger partial charge on any atom is -0.0386 e. The van der Waals surface area contributed by atoms with Gasteiger partial charge < -0.3 is 0 Å². The van der Waals surface area contributed by atoms with Gasteiger partial charge in [0.25, 0.3) is 0 Å². The predicted octanol–water partition coefficient (Wildman–Crippen LogP) is 6.06. The second kappa shape index (κ2) is 10.2. The Labute approximate surface area is 104 Å². The summed E-state index contributed by atoms with van der Waals surface area (Å²) in [7, 11) is 0. The highest BCUT2D eigenvalue weighted by atomic mass is 14.2. The van der Waals surface area contributed by atoms with Gasteiger partial charge in [-0.15, -0.1) is 0 Å². The van der Waals surface area contributed by atoms with Crippen LogP contribution >= 0.6 is 0 Å². The van der Waals surface area contributed by atoms with Crippen molar-refractivity contribution in [2.75, 3.05) is 0 Å². The summed E-state index contributed by atoms with van der Waals surface area (Å²) < 4.78 is 0. The Balaban J connectivity index is 4.11. The lowest BCUT2D eigenvalue weighted by molar-refractivity contribution is 0.245. The maximum absolute atomic E-state index is 2.45. The van der Waals surface area contributed by atoms with Gasteiger partial charge in [-0.05, 0) is 24.2 Å². The van der Waals surface area contributed by atoms with Gasteiger partial charge in [0.05, 0.1) is 0 Å². The zero-order chi connectivity index (χ0) is 12.4. The van der Waals surface area contributed by atoms with Gasteiger partial charge in [0.15, 0.2) is 0 Å². The van der Waals surface area contributed by atoms with E-state index < -0.39 is 0 Å². The normalized spacial score (nSPS) is 17.1. The van der Waals surface area contributed by atoms with Crippen molar-refractivity contribution in [3.63, 3.8) is 0 Å². The number of hydrogen-bond donors (Lipinski definition) is 0. The molecular weight excluding hydrogens is 192 g/mol. The van der Waals surface area contributed by atoms with Gasteiger partial charge in [0.2, 0.25) is 0 Å². The molecule has 0 bridgehead atoms. The van der Waals surface area contributed by atoms with Crippen LogP contribution in [-0.2, 0) is 0 Å². The molecule has 0 aliphatic rings. The average molecular weight is 226 g/mol. The summed E-state index contributed by atoms with van der Waals surface area (Å²) in [6.07, 6.45) is 11.3. The third kappa shape index (κ3) is 6.55. The molecule has 0 spiro atoms. The SMILES string of the molecule is CCCCC(CC)CC(CCC)C(C)CC. The van der Waals surface area contributed by atoms with Gasteiger partial charge in [-0.2, -0.15) is 0 Å². The van der Waals surface area contributed by atoms with Crippen LogP contribution in [0.25, 0.3) is 0 Å². The first-order valence-corrected chi connectivity index (χ1v) is 7.69. The molecule has 0 saturated carbocycles. The van der Waals surface area contributed by atoms with Crippen LogP contribution in [0.1, 0.15) is 86.0 Å². The van der Waals surface area contributed by atoms with E-state index in [1.165, 1.54) is 51.4 Å². The van der Waals surface area contributed by atoms with Crippen molar-refractivity contribution < 1.29 is 0 Å². The average Bonchev–Trinajstić information content (AvgIpc) is 2.32. The molecule has 3 unspecified atom stereocenters. The standard InChI is InChI=1S/C16H34/c1-6-10-12-15(9-4)13-16(11-7-2)14(5)8-3/h14-16H,6-13H2,1-5H3. The zero-order valence-electron chi connectivity index (χ0n) is 12.4. The molecule has 98 valence electrons. The van der Waals surface area contributed by atoms with Crippen LogP contribution in [0.15, 0.2) is 0 Å². The van der Waals surface area contributed by atoms with Crippen molar-refractivity contribution in [2.45, 2.75) is 86.0 Å². The number of hydrogen-bond acceptors (Lipinski definition) is 0. The largest absolute Gasteiger partial charge is 0.0654 e. The molecule has 0 saturated heterocycles.